The molecule has 0 atom stereocenters. The van der Waals surface area contributed by atoms with E-state index in [1.807, 2.05) is 19.9 Å². The fraction of sp³-hybridized carbons (Fsp3) is 0.350. The Bertz CT molecular complexity index is 852. The van der Waals surface area contributed by atoms with E-state index in [1.165, 1.54) is 0 Å². The number of carbonyl (C=O) groups excluding carboxylic acids is 3. The molecule has 1 aromatic carbocycles. The Balaban J connectivity index is 1.59. The molecule has 1 fully saturated rings. The number of para-hydroxylation sites is 1. The topological polar surface area (TPSA) is 75.3 Å². The summed E-state index contributed by atoms with van der Waals surface area (Å²) in [6.45, 7) is 3.88. The molecule has 0 saturated heterocycles. The molecule has 6 heteroatoms. The van der Waals surface area contributed by atoms with Gasteiger partial charge in [-0.25, -0.2) is 0 Å². The zero-order chi connectivity index (χ0) is 18.7. The number of anilines is 1. The fourth-order valence-corrected chi connectivity index (χ4v) is 3.71. The summed E-state index contributed by atoms with van der Waals surface area (Å²) in [4.78, 5) is 38.9. The first-order valence-electron chi connectivity index (χ1n) is 8.74. The highest BCUT2D eigenvalue weighted by atomic mass is 32.1. The summed E-state index contributed by atoms with van der Waals surface area (Å²) < 4.78 is 0. The van der Waals surface area contributed by atoms with Crippen LogP contribution in [0.3, 0.4) is 0 Å². The molecule has 1 saturated carbocycles. The summed E-state index contributed by atoms with van der Waals surface area (Å²) in [7, 11) is 0. The Kier molecular flexibility index (Phi) is 5.52. The maximum atomic E-state index is 12.3. The van der Waals surface area contributed by atoms with Gasteiger partial charge in [-0.3, -0.25) is 14.4 Å². The lowest BCUT2D eigenvalue weighted by Crippen LogP contribution is -2.27. The van der Waals surface area contributed by atoms with Crippen LogP contribution in [0.5, 0.6) is 0 Å². The molecule has 5 nitrogen and oxygen atoms in total. The van der Waals surface area contributed by atoms with E-state index < -0.39 is 0 Å². The number of thiophene rings is 1. The third kappa shape index (κ3) is 4.58. The van der Waals surface area contributed by atoms with Crippen LogP contribution in [-0.2, 0) is 4.79 Å². The number of nitrogens with one attached hydrogen (secondary N) is 2. The molecule has 1 aromatic heterocycles. The normalized spacial score (nSPS) is 13.3. The van der Waals surface area contributed by atoms with Crippen LogP contribution in [0.25, 0.3) is 0 Å². The van der Waals surface area contributed by atoms with E-state index >= 15 is 0 Å². The van der Waals surface area contributed by atoms with Crippen molar-refractivity contribution in [1.82, 2.24) is 5.32 Å². The molecule has 0 bridgehead atoms. The van der Waals surface area contributed by atoms with Gasteiger partial charge in [0.2, 0.25) is 5.91 Å². The Hall–Kier alpha value is -2.47. The fourth-order valence-electron chi connectivity index (χ4n) is 2.76. The van der Waals surface area contributed by atoms with Gasteiger partial charge in [0.1, 0.15) is 0 Å². The van der Waals surface area contributed by atoms with Crippen LogP contribution in [0.4, 0.5) is 5.69 Å². The third-order valence-corrected chi connectivity index (χ3v) is 5.24. The van der Waals surface area contributed by atoms with E-state index in [-0.39, 0.29) is 36.5 Å². The van der Waals surface area contributed by atoms with Gasteiger partial charge in [0.25, 0.3) is 5.91 Å². The average molecular weight is 370 g/mol. The number of hydrogen-bond acceptors (Lipinski definition) is 4. The van der Waals surface area contributed by atoms with Crippen molar-refractivity contribution >= 4 is 34.6 Å². The molecule has 136 valence electrons. The smallest absolute Gasteiger partial charge is 0.253 e. The Morgan fingerprint density at radius 1 is 1.08 bits per heavy atom. The van der Waals surface area contributed by atoms with E-state index in [0.29, 0.717) is 16.8 Å². The van der Waals surface area contributed by atoms with Crippen molar-refractivity contribution in [2.45, 2.75) is 45.6 Å². The van der Waals surface area contributed by atoms with Crippen molar-refractivity contribution in [3.63, 3.8) is 0 Å². The van der Waals surface area contributed by atoms with Crippen LogP contribution in [0, 0.1) is 13.8 Å². The van der Waals surface area contributed by atoms with Gasteiger partial charge in [0.05, 0.1) is 11.3 Å². The van der Waals surface area contributed by atoms with E-state index in [0.717, 1.165) is 22.6 Å². The maximum Gasteiger partial charge on any atom is 0.253 e. The maximum absolute atomic E-state index is 12.3. The third-order valence-electron chi connectivity index (χ3n) is 4.28. The Morgan fingerprint density at radius 2 is 1.81 bits per heavy atom. The molecule has 0 radical (unpaired) electrons. The van der Waals surface area contributed by atoms with Gasteiger partial charge in [0, 0.05) is 34.2 Å². The van der Waals surface area contributed by atoms with Gasteiger partial charge >= 0.3 is 0 Å². The summed E-state index contributed by atoms with van der Waals surface area (Å²) in [6, 6.07) is 9.05. The molecular formula is C20H22N2O3S. The quantitative estimate of drug-likeness (QED) is 0.727. The number of benzene rings is 1. The number of amides is 2. The first-order chi connectivity index (χ1) is 12.4. The first-order valence-corrected chi connectivity index (χ1v) is 9.55. The van der Waals surface area contributed by atoms with Crippen LogP contribution in [0.2, 0.25) is 0 Å². The summed E-state index contributed by atoms with van der Waals surface area (Å²) in [5, 5.41) is 5.68. The largest absolute Gasteiger partial charge is 0.349 e. The molecule has 2 aromatic rings. The van der Waals surface area contributed by atoms with E-state index in [4.69, 9.17) is 0 Å². The van der Waals surface area contributed by atoms with Crippen molar-refractivity contribution in [3.05, 3.63) is 51.2 Å². The lowest BCUT2D eigenvalue weighted by molar-refractivity contribution is -0.116. The second-order valence-electron chi connectivity index (χ2n) is 6.59. The summed E-state index contributed by atoms with van der Waals surface area (Å²) in [6.07, 6.45) is 2.25. The molecule has 26 heavy (non-hydrogen) atoms. The molecule has 1 aliphatic carbocycles. The van der Waals surface area contributed by atoms with Crippen molar-refractivity contribution < 1.29 is 14.4 Å². The van der Waals surface area contributed by atoms with Gasteiger partial charge in [-0.15, -0.1) is 11.3 Å². The summed E-state index contributed by atoms with van der Waals surface area (Å²) >= 11 is 1.58. The minimum absolute atomic E-state index is 0.0261. The lowest BCUT2D eigenvalue weighted by atomic mass is 10.1. The second-order valence-corrected chi connectivity index (χ2v) is 8.05. The highest BCUT2D eigenvalue weighted by molar-refractivity contribution is 7.12. The van der Waals surface area contributed by atoms with Crippen molar-refractivity contribution in [2.24, 2.45) is 0 Å². The van der Waals surface area contributed by atoms with Crippen LogP contribution in [0.1, 0.15) is 56.2 Å². The molecule has 2 N–H and O–H groups in total. The molecule has 0 aliphatic heterocycles. The van der Waals surface area contributed by atoms with Crippen LogP contribution in [0.15, 0.2) is 30.3 Å². The van der Waals surface area contributed by atoms with Gasteiger partial charge in [0.15, 0.2) is 5.78 Å². The second kappa shape index (κ2) is 7.83. The van der Waals surface area contributed by atoms with Crippen molar-refractivity contribution in [1.29, 1.82) is 0 Å². The highest BCUT2D eigenvalue weighted by Gasteiger charge is 2.25. The molecule has 0 unspecified atom stereocenters. The highest BCUT2D eigenvalue weighted by Crippen LogP contribution is 2.23. The minimum Gasteiger partial charge on any atom is -0.349 e. The molecule has 3 rings (SSSR count). The van der Waals surface area contributed by atoms with Gasteiger partial charge in [-0.05, 0) is 44.9 Å². The number of ketones is 1. The molecule has 2 amide bonds. The zero-order valence-corrected chi connectivity index (χ0v) is 15.7. The van der Waals surface area contributed by atoms with Crippen LogP contribution >= 0.6 is 11.3 Å². The number of hydrogen-bond donors (Lipinski definition) is 2. The van der Waals surface area contributed by atoms with Crippen molar-refractivity contribution in [2.75, 3.05) is 5.32 Å². The minimum atomic E-state index is -0.269. The SMILES string of the molecule is Cc1cc(C(=O)CCC(=O)Nc2ccccc2C(=O)NC2CC2)c(C)s1. The number of carbonyl (C=O) groups is 3. The Labute approximate surface area is 156 Å². The predicted octanol–water partition coefficient (Wildman–Crippen LogP) is 3.86. The molecular weight excluding hydrogens is 348 g/mol. The standard InChI is InChI=1S/C20H22N2O3S/c1-12-11-16(13(2)26-12)18(23)9-10-19(24)22-17-6-4-3-5-15(17)20(25)21-14-7-8-14/h3-6,11,14H,7-10H2,1-2H3,(H,21,25)(H,22,24). The lowest BCUT2D eigenvalue weighted by Gasteiger charge is -2.11. The monoisotopic (exact) mass is 370 g/mol. The van der Waals surface area contributed by atoms with E-state index in [9.17, 15) is 14.4 Å². The number of aryl methyl sites for hydroxylation is 2. The number of Topliss-reactive ketones (excluding diaryl/α,β-unsaturated/α-hetero) is 1. The van der Waals surface area contributed by atoms with Gasteiger partial charge in [-0.2, -0.15) is 0 Å². The number of rotatable bonds is 7. The summed E-state index contributed by atoms with van der Waals surface area (Å²) in [5.41, 5.74) is 1.62. The average Bonchev–Trinajstić information content (AvgIpc) is 3.35. The van der Waals surface area contributed by atoms with Crippen LogP contribution in [-0.4, -0.2) is 23.6 Å². The Morgan fingerprint density at radius 3 is 2.46 bits per heavy atom. The molecule has 1 heterocycles. The van der Waals surface area contributed by atoms with E-state index in [1.54, 1.807) is 35.6 Å². The molecule has 1 aliphatic rings. The zero-order valence-electron chi connectivity index (χ0n) is 14.9. The summed E-state index contributed by atoms with van der Waals surface area (Å²) in [5.74, 6) is -0.472. The van der Waals surface area contributed by atoms with Crippen molar-refractivity contribution in [3.8, 4) is 0 Å². The first kappa shape index (κ1) is 18.3. The predicted molar refractivity (Wildman–Crippen MR) is 103 cm³/mol. The molecule has 0 spiro atoms. The van der Waals surface area contributed by atoms with Crippen LogP contribution < -0.4 is 10.6 Å². The van der Waals surface area contributed by atoms with Gasteiger partial charge < -0.3 is 10.6 Å². The van der Waals surface area contributed by atoms with E-state index in [2.05, 4.69) is 10.6 Å². The van der Waals surface area contributed by atoms with Gasteiger partial charge in [-0.1, -0.05) is 12.1 Å².